The summed E-state index contributed by atoms with van der Waals surface area (Å²) in [6.07, 6.45) is 2.62. The smallest absolute Gasteiger partial charge is 0.219 e. The van der Waals surface area contributed by atoms with Gasteiger partial charge < -0.3 is 10.5 Å². The van der Waals surface area contributed by atoms with Gasteiger partial charge in [0.1, 0.15) is 5.75 Å². The van der Waals surface area contributed by atoms with E-state index in [0.717, 1.165) is 33.9 Å². The molecule has 2 N–H and O–H groups in total. The van der Waals surface area contributed by atoms with E-state index in [-0.39, 0.29) is 0 Å². The SMILES string of the molecule is Cc1cc(Oc2ccc(CCN)cn2)cc(C)c1Cl. The minimum Gasteiger partial charge on any atom is -0.439 e. The van der Waals surface area contributed by atoms with Gasteiger partial charge in [-0.05, 0) is 55.6 Å². The molecule has 0 aliphatic heterocycles. The van der Waals surface area contributed by atoms with Crippen LogP contribution in [0.3, 0.4) is 0 Å². The molecule has 0 radical (unpaired) electrons. The van der Waals surface area contributed by atoms with Gasteiger partial charge in [-0.3, -0.25) is 0 Å². The van der Waals surface area contributed by atoms with E-state index in [0.29, 0.717) is 12.4 Å². The molecule has 3 nitrogen and oxygen atoms in total. The third-order valence-corrected chi connectivity index (χ3v) is 3.46. The van der Waals surface area contributed by atoms with Crippen LogP contribution < -0.4 is 10.5 Å². The number of benzene rings is 1. The molecule has 0 fully saturated rings. The maximum absolute atomic E-state index is 6.13. The minimum atomic E-state index is 0.571. The quantitative estimate of drug-likeness (QED) is 0.927. The van der Waals surface area contributed by atoms with Crippen molar-refractivity contribution in [2.75, 3.05) is 6.54 Å². The topological polar surface area (TPSA) is 48.1 Å². The molecule has 100 valence electrons. The second-order valence-electron chi connectivity index (χ2n) is 4.52. The predicted octanol–water partition coefficient (Wildman–Crippen LogP) is 3.65. The average molecular weight is 277 g/mol. The van der Waals surface area contributed by atoms with Gasteiger partial charge in [-0.15, -0.1) is 0 Å². The van der Waals surface area contributed by atoms with Crippen molar-refractivity contribution in [3.63, 3.8) is 0 Å². The van der Waals surface area contributed by atoms with Crippen molar-refractivity contribution < 1.29 is 4.74 Å². The molecule has 0 spiro atoms. The number of pyridine rings is 1. The summed E-state index contributed by atoms with van der Waals surface area (Å²) in [6, 6.07) is 7.64. The normalized spacial score (nSPS) is 10.5. The first-order valence-electron chi connectivity index (χ1n) is 6.19. The summed E-state index contributed by atoms with van der Waals surface area (Å²) in [5, 5.41) is 0.776. The Kier molecular flexibility index (Phi) is 4.40. The number of aromatic nitrogens is 1. The van der Waals surface area contributed by atoms with Crippen molar-refractivity contribution in [3.05, 3.63) is 52.2 Å². The number of aryl methyl sites for hydroxylation is 2. The lowest BCUT2D eigenvalue weighted by Crippen LogP contribution is -2.02. The van der Waals surface area contributed by atoms with Crippen LogP contribution >= 0.6 is 11.6 Å². The number of rotatable bonds is 4. The Balaban J connectivity index is 2.17. The Hall–Kier alpha value is -1.58. The molecular formula is C15H17ClN2O. The Labute approximate surface area is 118 Å². The van der Waals surface area contributed by atoms with E-state index < -0.39 is 0 Å². The second kappa shape index (κ2) is 6.04. The summed E-state index contributed by atoms with van der Waals surface area (Å²) in [5.74, 6) is 1.32. The summed E-state index contributed by atoms with van der Waals surface area (Å²) in [6.45, 7) is 4.54. The molecule has 1 aromatic carbocycles. The van der Waals surface area contributed by atoms with Gasteiger partial charge in [-0.1, -0.05) is 17.7 Å². The van der Waals surface area contributed by atoms with Crippen molar-refractivity contribution in [2.24, 2.45) is 5.73 Å². The van der Waals surface area contributed by atoms with Gasteiger partial charge in [0.15, 0.2) is 0 Å². The van der Waals surface area contributed by atoms with Crippen LogP contribution in [0.15, 0.2) is 30.5 Å². The molecule has 0 unspecified atom stereocenters. The average Bonchev–Trinajstić information content (AvgIpc) is 2.38. The maximum Gasteiger partial charge on any atom is 0.219 e. The number of nitrogens with two attached hydrogens (primary N) is 1. The van der Waals surface area contributed by atoms with Crippen molar-refractivity contribution in [2.45, 2.75) is 20.3 Å². The van der Waals surface area contributed by atoms with Gasteiger partial charge in [0.25, 0.3) is 0 Å². The molecule has 0 aliphatic carbocycles. The van der Waals surface area contributed by atoms with Gasteiger partial charge in [-0.25, -0.2) is 4.98 Å². The van der Waals surface area contributed by atoms with Gasteiger partial charge in [-0.2, -0.15) is 0 Å². The van der Waals surface area contributed by atoms with Gasteiger partial charge in [0, 0.05) is 17.3 Å². The zero-order valence-electron chi connectivity index (χ0n) is 11.1. The largest absolute Gasteiger partial charge is 0.439 e. The molecule has 4 heteroatoms. The molecule has 0 bridgehead atoms. The van der Waals surface area contributed by atoms with E-state index in [4.69, 9.17) is 22.1 Å². The first kappa shape index (κ1) is 13.8. The summed E-state index contributed by atoms with van der Waals surface area (Å²) in [5.41, 5.74) is 8.60. The first-order valence-corrected chi connectivity index (χ1v) is 6.57. The molecule has 0 atom stereocenters. The van der Waals surface area contributed by atoms with Crippen molar-refractivity contribution >= 4 is 11.6 Å². The second-order valence-corrected chi connectivity index (χ2v) is 4.89. The van der Waals surface area contributed by atoms with Gasteiger partial charge >= 0.3 is 0 Å². The Bertz CT molecular complexity index is 544. The van der Waals surface area contributed by atoms with E-state index in [1.165, 1.54) is 0 Å². The summed E-state index contributed by atoms with van der Waals surface area (Å²) in [7, 11) is 0. The molecule has 1 aromatic heterocycles. The van der Waals surface area contributed by atoms with Crippen molar-refractivity contribution in [1.29, 1.82) is 0 Å². The van der Waals surface area contributed by atoms with Crippen LogP contribution in [-0.4, -0.2) is 11.5 Å². The molecule has 19 heavy (non-hydrogen) atoms. The molecule has 1 heterocycles. The molecular weight excluding hydrogens is 260 g/mol. The van der Waals surface area contributed by atoms with E-state index >= 15 is 0 Å². The molecule has 2 aromatic rings. The lowest BCUT2D eigenvalue weighted by Gasteiger charge is -2.09. The fourth-order valence-corrected chi connectivity index (χ4v) is 1.98. The zero-order valence-corrected chi connectivity index (χ0v) is 11.9. The van der Waals surface area contributed by atoms with Crippen LogP contribution in [0, 0.1) is 13.8 Å². The highest BCUT2D eigenvalue weighted by Crippen LogP contribution is 2.28. The van der Waals surface area contributed by atoms with E-state index in [9.17, 15) is 0 Å². The van der Waals surface area contributed by atoms with E-state index in [1.807, 2.05) is 38.1 Å². The van der Waals surface area contributed by atoms with Gasteiger partial charge in [0.05, 0.1) is 0 Å². The minimum absolute atomic E-state index is 0.571. The van der Waals surface area contributed by atoms with Gasteiger partial charge in [0.2, 0.25) is 5.88 Å². The number of ether oxygens (including phenoxy) is 1. The van der Waals surface area contributed by atoms with E-state index in [1.54, 1.807) is 6.20 Å². The van der Waals surface area contributed by atoms with E-state index in [2.05, 4.69) is 4.98 Å². The lowest BCUT2D eigenvalue weighted by atomic mass is 10.1. The lowest BCUT2D eigenvalue weighted by molar-refractivity contribution is 0.462. The van der Waals surface area contributed by atoms with Crippen LogP contribution in [0.1, 0.15) is 16.7 Å². The van der Waals surface area contributed by atoms with Crippen LogP contribution in [0.5, 0.6) is 11.6 Å². The zero-order chi connectivity index (χ0) is 13.8. The van der Waals surface area contributed by atoms with Crippen LogP contribution in [0.2, 0.25) is 5.02 Å². The Morgan fingerprint density at radius 3 is 2.42 bits per heavy atom. The van der Waals surface area contributed by atoms with Crippen LogP contribution in [0.25, 0.3) is 0 Å². The predicted molar refractivity (Wildman–Crippen MR) is 78.0 cm³/mol. The third-order valence-electron chi connectivity index (χ3n) is 2.86. The fourth-order valence-electron chi connectivity index (χ4n) is 1.87. The Morgan fingerprint density at radius 2 is 1.89 bits per heavy atom. The molecule has 0 saturated heterocycles. The molecule has 0 saturated carbocycles. The number of hydrogen-bond donors (Lipinski definition) is 1. The highest BCUT2D eigenvalue weighted by atomic mass is 35.5. The van der Waals surface area contributed by atoms with Crippen LogP contribution in [-0.2, 0) is 6.42 Å². The molecule has 0 aliphatic rings. The molecule has 2 rings (SSSR count). The summed E-state index contributed by atoms with van der Waals surface area (Å²) < 4.78 is 5.73. The van der Waals surface area contributed by atoms with Crippen molar-refractivity contribution in [1.82, 2.24) is 4.98 Å². The summed E-state index contributed by atoms with van der Waals surface area (Å²) >= 11 is 6.13. The summed E-state index contributed by atoms with van der Waals surface area (Å²) in [4.78, 5) is 4.26. The van der Waals surface area contributed by atoms with Crippen molar-refractivity contribution in [3.8, 4) is 11.6 Å². The highest BCUT2D eigenvalue weighted by molar-refractivity contribution is 6.32. The third kappa shape index (κ3) is 3.46. The fraction of sp³-hybridized carbons (Fsp3) is 0.267. The highest BCUT2D eigenvalue weighted by Gasteiger charge is 2.05. The number of halogens is 1. The standard InChI is InChI=1S/C15H17ClN2O/c1-10-7-13(8-11(2)15(10)16)19-14-4-3-12(5-6-17)9-18-14/h3-4,7-9H,5-6,17H2,1-2H3. The van der Waals surface area contributed by atoms with Crippen LogP contribution in [0.4, 0.5) is 0 Å². The number of hydrogen-bond acceptors (Lipinski definition) is 3. The molecule has 0 amide bonds. The monoisotopic (exact) mass is 276 g/mol. The maximum atomic E-state index is 6.13. The first-order chi connectivity index (χ1) is 9.10. The Morgan fingerprint density at radius 1 is 1.21 bits per heavy atom. The number of nitrogens with zero attached hydrogens (tertiary/aromatic N) is 1.